The van der Waals surface area contributed by atoms with Crippen molar-refractivity contribution in [1.29, 1.82) is 0 Å². The van der Waals surface area contributed by atoms with E-state index in [2.05, 4.69) is 22.8 Å². The van der Waals surface area contributed by atoms with Gasteiger partial charge in [-0.1, -0.05) is 6.07 Å². The number of carbonyl (C=O) groups excluding carboxylic acids is 2. The Morgan fingerprint density at radius 3 is 2.65 bits per heavy atom. The standard InChI is InChI=1S/C18H26N2O3/c1-18(2,3)23-17(22)19-11-5-8-16(21)20-15-10-9-13-6-4-7-14(13)12-15/h9-10,12H,4-8,11H2,1-3H3,(H,19,22)(H,20,21). The van der Waals surface area contributed by atoms with Gasteiger partial charge in [0.1, 0.15) is 5.60 Å². The Balaban J connectivity index is 1.67. The predicted molar refractivity (Wildman–Crippen MR) is 90.6 cm³/mol. The van der Waals surface area contributed by atoms with E-state index in [1.807, 2.05) is 26.8 Å². The summed E-state index contributed by atoms with van der Waals surface area (Å²) in [5.41, 5.74) is 3.09. The van der Waals surface area contributed by atoms with E-state index < -0.39 is 11.7 Å². The summed E-state index contributed by atoms with van der Waals surface area (Å²) < 4.78 is 5.13. The largest absolute Gasteiger partial charge is 0.444 e. The van der Waals surface area contributed by atoms with Gasteiger partial charge in [-0.3, -0.25) is 4.79 Å². The van der Waals surface area contributed by atoms with E-state index in [1.165, 1.54) is 17.5 Å². The number of aryl methyl sites for hydroxylation is 2. The molecule has 0 radical (unpaired) electrons. The summed E-state index contributed by atoms with van der Waals surface area (Å²) in [6.45, 7) is 5.87. The van der Waals surface area contributed by atoms with Gasteiger partial charge in [0.15, 0.2) is 0 Å². The van der Waals surface area contributed by atoms with Gasteiger partial charge in [0.2, 0.25) is 5.91 Å². The maximum Gasteiger partial charge on any atom is 0.407 e. The zero-order valence-electron chi connectivity index (χ0n) is 14.2. The fraction of sp³-hybridized carbons (Fsp3) is 0.556. The highest BCUT2D eigenvalue weighted by atomic mass is 16.6. The van der Waals surface area contributed by atoms with Crippen LogP contribution in [0.4, 0.5) is 10.5 Å². The Hall–Kier alpha value is -2.04. The molecule has 1 aliphatic rings. The van der Waals surface area contributed by atoms with Crippen molar-refractivity contribution in [2.24, 2.45) is 0 Å². The molecule has 0 unspecified atom stereocenters. The number of carbonyl (C=O) groups is 2. The number of nitrogens with one attached hydrogen (secondary N) is 2. The third-order valence-corrected chi connectivity index (χ3v) is 3.63. The molecule has 0 saturated carbocycles. The summed E-state index contributed by atoms with van der Waals surface area (Å²) in [5, 5.41) is 5.57. The summed E-state index contributed by atoms with van der Waals surface area (Å²) in [7, 11) is 0. The highest BCUT2D eigenvalue weighted by Crippen LogP contribution is 2.24. The van der Waals surface area contributed by atoms with Crippen LogP contribution >= 0.6 is 0 Å². The van der Waals surface area contributed by atoms with Crippen molar-refractivity contribution in [3.63, 3.8) is 0 Å². The molecule has 2 N–H and O–H groups in total. The normalized spacial score (nSPS) is 13.3. The number of fused-ring (bicyclic) bond motifs is 1. The lowest BCUT2D eigenvalue weighted by Crippen LogP contribution is -2.33. The molecule has 1 aromatic rings. The van der Waals surface area contributed by atoms with Crippen LogP contribution in [-0.4, -0.2) is 24.1 Å². The van der Waals surface area contributed by atoms with Crippen LogP contribution < -0.4 is 10.6 Å². The average Bonchev–Trinajstić information content (AvgIpc) is 2.89. The second-order valence-electron chi connectivity index (χ2n) is 6.92. The van der Waals surface area contributed by atoms with Crippen molar-refractivity contribution >= 4 is 17.7 Å². The number of ether oxygens (including phenoxy) is 1. The summed E-state index contributed by atoms with van der Waals surface area (Å²) in [5.74, 6) is -0.0334. The maximum atomic E-state index is 11.9. The molecule has 2 rings (SSSR count). The number of amides is 2. The minimum absolute atomic E-state index is 0.0334. The minimum atomic E-state index is -0.505. The van der Waals surface area contributed by atoms with Crippen molar-refractivity contribution in [1.82, 2.24) is 5.32 Å². The van der Waals surface area contributed by atoms with Gasteiger partial charge in [0.05, 0.1) is 0 Å². The number of rotatable bonds is 5. The monoisotopic (exact) mass is 318 g/mol. The van der Waals surface area contributed by atoms with Gasteiger partial charge in [-0.15, -0.1) is 0 Å². The predicted octanol–water partition coefficient (Wildman–Crippen LogP) is 3.42. The van der Waals surface area contributed by atoms with Gasteiger partial charge in [0, 0.05) is 18.7 Å². The lowest BCUT2D eigenvalue weighted by molar-refractivity contribution is -0.116. The lowest BCUT2D eigenvalue weighted by atomic mass is 10.1. The molecule has 1 aliphatic carbocycles. The Morgan fingerprint density at radius 1 is 1.17 bits per heavy atom. The van der Waals surface area contributed by atoms with E-state index in [-0.39, 0.29) is 5.91 Å². The summed E-state index contributed by atoms with van der Waals surface area (Å²) in [6, 6.07) is 6.13. The molecule has 0 fully saturated rings. The molecule has 2 amide bonds. The van der Waals surface area contributed by atoms with Crippen LogP contribution in [-0.2, 0) is 22.4 Å². The van der Waals surface area contributed by atoms with Crippen molar-refractivity contribution in [3.05, 3.63) is 29.3 Å². The molecule has 0 heterocycles. The van der Waals surface area contributed by atoms with E-state index in [4.69, 9.17) is 4.74 Å². The second kappa shape index (κ2) is 7.49. The van der Waals surface area contributed by atoms with Gasteiger partial charge in [-0.25, -0.2) is 4.79 Å². The minimum Gasteiger partial charge on any atom is -0.444 e. The molecular formula is C18H26N2O3. The maximum absolute atomic E-state index is 11.9. The first kappa shape index (κ1) is 17.3. The molecule has 0 aromatic heterocycles. The van der Waals surface area contributed by atoms with Gasteiger partial charge in [0.25, 0.3) is 0 Å². The van der Waals surface area contributed by atoms with Gasteiger partial charge in [-0.05, 0) is 69.7 Å². The molecule has 23 heavy (non-hydrogen) atoms. The lowest BCUT2D eigenvalue weighted by Gasteiger charge is -2.19. The van der Waals surface area contributed by atoms with Gasteiger partial charge >= 0.3 is 6.09 Å². The Bertz CT molecular complexity index is 576. The van der Waals surface area contributed by atoms with E-state index in [1.54, 1.807) is 0 Å². The van der Waals surface area contributed by atoms with Crippen LogP contribution in [0.5, 0.6) is 0 Å². The van der Waals surface area contributed by atoms with Gasteiger partial charge < -0.3 is 15.4 Å². The first-order valence-electron chi connectivity index (χ1n) is 8.22. The van der Waals surface area contributed by atoms with E-state index in [0.29, 0.717) is 19.4 Å². The number of benzene rings is 1. The van der Waals surface area contributed by atoms with E-state index >= 15 is 0 Å². The third-order valence-electron chi connectivity index (χ3n) is 3.63. The first-order valence-corrected chi connectivity index (χ1v) is 8.22. The molecule has 126 valence electrons. The molecule has 0 bridgehead atoms. The Morgan fingerprint density at radius 2 is 1.91 bits per heavy atom. The average molecular weight is 318 g/mol. The first-order chi connectivity index (χ1) is 10.8. The molecule has 0 saturated heterocycles. The number of alkyl carbamates (subject to hydrolysis) is 1. The zero-order valence-corrected chi connectivity index (χ0v) is 14.2. The fourth-order valence-electron chi connectivity index (χ4n) is 2.63. The van der Waals surface area contributed by atoms with Crippen molar-refractivity contribution < 1.29 is 14.3 Å². The number of hydrogen-bond acceptors (Lipinski definition) is 3. The third kappa shape index (κ3) is 5.93. The molecular weight excluding hydrogens is 292 g/mol. The van der Waals surface area contributed by atoms with Crippen molar-refractivity contribution in [2.75, 3.05) is 11.9 Å². The molecule has 1 aromatic carbocycles. The number of hydrogen-bond donors (Lipinski definition) is 2. The molecule has 5 heteroatoms. The fourth-order valence-corrected chi connectivity index (χ4v) is 2.63. The van der Waals surface area contributed by atoms with Crippen LogP contribution in [0.3, 0.4) is 0 Å². The second-order valence-corrected chi connectivity index (χ2v) is 6.92. The topological polar surface area (TPSA) is 67.4 Å². The van der Waals surface area contributed by atoms with E-state index in [0.717, 1.165) is 18.5 Å². The highest BCUT2D eigenvalue weighted by molar-refractivity contribution is 5.90. The van der Waals surface area contributed by atoms with Gasteiger partial charge in [-0.2, -0.15) is 0 Å². The summed E-state index contributed by atoms with van der Waals surface area (Å²) in [4.78, 5) is 23.4. The Kier molecular flexibility index (Phi) is 5.64. The number of anilines is 1. The highest BCUT2D eigenvalue weighted by Gasteiger charge is 2.15. The molecule has 5 nitrogen and oxygen atoms in total. The zero-order chi connectivity index (χ0) is 16.9. The molecule has 0 atom stereocenters. The molecule has 0 spiro atoms. The summed E-state index contributed by atoms with van der Waals surface area (Å²) >= 11 is 0. The summed E-state index contributed by atoms with van der Waals surface area (Å²) in [6.07, 6.45) is 3.93. The van der Waals surface area contributed by atoms with Crippen LogP contribution in [0.1, 0.15) is 51.2 Å². The quantitative estimate of drug-likeness (QED) is 0.817. The SMILES string of the molecule is CC(C)(C)OC(=O)NCCCC(=O)Nc1ccc2c(c1)CCC2. The van der Waals surface area contributed by atoms with Crippen LogP contribution in [0, 0.1) is 0 Å². The van der Waals surface area contributed by atoms with Crippen LogP contribution in [0.25, 0.3) is 0 Å². The Labute approximate surface area is 137 Å². The van der Waals surface area contributed by atoms with Crippen molar-refractivity contribution in [3.8, 4) is 0 Å². The van der Waals surface area contributed by atoms with E-state index in [9.17, 15) is 9.59 Å². The van der Waals surface area contributed by atoms with Crippen molar-refractivity contribution in [2.45, 2.75) is 58.5 Å². The molecule has 0 aliphatic heterocycles. The smallest absolute Gasteiger partial charge is 0.407 e. The van der Waals surface area contributed by atoms with Crippen LogP contribution in [0.15, 0.2) is 18.2 Å². The van der Waals surface area contributed by atoms with Crippen LogP contribution in [0.2, 0.25) is 0 Å².